The second-order valence-electron chi connectivity index (χ2n) is 5.86. The molecule has 6 nitrogen and oxygen atoms in total. The number of hydrogen-bond donors (Lipinski definition) is 1. The lowest BCUT2D eigenvalue weighted by Gasteiger charge is -2.09. The van der Waals surface area contributed by atoms with Gasteiger partial charge >= 0.3 is 0 Å². The second-order valence-corrected chi connectivity index (χ2v) is 7.24. The van der Waals surface area contributed by atoms with Crippen molar-refractivity contribution in [3.63, 3.8) is 0 Å². The van der Waals surface area contributed by atoms with Gasteiger partial charge in [0.1, 0.15) is 12.4 Å². The molecule has 0 atom stereocenters. The van der Waals surface area contributed by atoms with Crippen LogP contribution in [0.25, 0.3) is 0 Å². The number of para-hydroxylation sites is 1. The van der Waals surface area contributed by atoms with Gasteiger partial charge in [-0.25, -0.2) is 0 Å². The predicted molar refractivity (Wildman–Crippen MR) is 107 cm³/mol. The van der Waals surface area contributed by atoms with Crippen molar-refractivity contribution in [2.24, 2.45) is 7.05 Å². The van der Waals surface area contributed by atoms with Crippen LogP contribution >= 0.6 is 23.4 Å². The van der Waals surface area contributed by atoms with Crippen molar-refractivity contribution in [3.05, 3.63) is 64.9 Å². The van der Waals surface area contributed by atoms with Crippen molar-refractivity contribution in [1.82, 2.24) is 14.8 Å². The molecule has 2 aromatic carbocycles. The van der Waals surface area contributed by atoms with Crippen molar-refractivity contribution >= 4 is 35.0 Å². The topological polar surface area (TPSA) is 69.0 Å². The number of hydrogen-bond acceptors (Lipinski definition) is 5. The van der Waals surface area contributed by atoms with Gasteiger partial charge in [0.25, 0.3) is 0 Å². The summed E-state index contributed by atoms with van der Waals surface area (Å²) in [6.07, 6.45) is 0. The van der Waals surface area contributed by atoms with Gasteiger partial charge in [0.15, 0.2) is 11.0 Å². The molecule has 0 aliphatic rings. The fourth-order valence-electron chi connectivity index (χ4n) is 2.35. The molecular weight excluding hydrogens is 384 g/mol. The molecule has 3 rings (SSSR count). The quantitative estimate of drug-likeness (QED) is 0.603. The minimum atomic E-state index is -0.136. The highest BCUT2D eigenvalue weighted by Crippen LogP contribution is 2.20. The summed E-state index contributed by atoms with van der Waals surface area (Å²) >= 11 is 7.23. The van der Waals surface area contributed by atoms with E-state index in [1.165, 1.54) is 11.8 Å². The number of anilines is 1. The Morgan fingerprint density at radius 2 is 2.04 bits per heavy atom. The van der Waals surface area contributed by atoms with Crippen LogP contribution in [0.3, 0.4) is 0 Å². The molecular formula is C19H19ClN4O2S. The Morgan fingerprint density at radius 1 is 1.22 bits per heavy atom. The van der Waals surface area contributed by atoms with E-state index in [1.54, 1.807) is 24.3 Å². The van der Waals surface area contributed by atoms with E-state index in [1.807, 2.05) is 42.8 Å². The van der Waals surface area contributed by atoms with Crippen LogP contribution in [0.1, 0.15) is 11.4 Å². The number of thioether (sulfide) groups is 1. The van der Waals surface area contributed by atoms with E-state index in [4.69, 9.17) is 16.3 Å². The standard InChI is InChI=1S/C19H19ClN4O2S/c1-13-6-3-4-9-16(13)26-11-17-22-23-19(24(17)2)27-12-18(25)21-15-8-5-7-14(20)10-15/h3-10H,11-12H2,1-2H3,(H,21,25). The molecule has 1 heterocycles. The third-order valence-electron chi connectivity index (χ3n) is 3.82. The predicted octanol–water partition coefficient (Wildman–Crippen LogP) is 4.09. The largest absolute Gasteiger partial charge is 0.485 e. The molecule has 27 heavy (non-hydrogen) atoms. The number of carbonyl (C=O) groups is 1. The first-order chi connectivity index (χ1) is 13.0. The molecule has 0 aliphatic carbocycles. The summed E-state index contributed by atoms with van der Waals surface area (Å²) in [7, 11) is 1.85. The van der Waals surface area contributed by atoms with Gasteiger partial charge in [-0.2, -0.15) is 0 Å². The zero-order chi connectivity index (χ0) is 19.2. The minimum absolute atomic E-state index is 0.136. The molecule has 140 valence electrons. The maximum absolute atomic E-state index is 12.1. The minimum Gasteiger partial charge on any atom is -0.485 e. The summed E-state index contributed by atoms with van der Waals surface area (Å²) in [5.74, 6) is 1.59. The number of aromatic nitrogens is 3. The Labute approximate surface area is 166 Å². The molecule has 1 N–H and O–H groups in total. The maximum Gasteiger partial charge on any atom is 0.234 e. The molecule has 0 aliphatic heterocycles. The lowest BCUT2D eigenvalue weighted by molar-refractivity contribution is -0.113. The van der Waals surface area contributed by atoms with Gasteiger partial charge < -0.3 is 14.6 Å². The Bertz CT molecular complexity index is 945. The highest BCUT2D eigenvalue weighted by Gasteiger charge is 2.12. The van der Waals surface area contributed by atoms with Crippen LogP contribution in [0.5, 0.6) is 5.75 Å². The van der Waals surface area contributed by atoms with E-state index in [0.717, 1.165) is 11.3 Å². The van der Waals surface area contributed by atoms with Gasteiger partial charge in [0.05, 0.1) is 5.75 Å². The first-order valence-corrected chi connectivity index (χ1v) is 9.64. The Balaban J connectivity index is 1.54. The first-order valence-electron chi connectivity index (χ1n) is 8.28. The molecule has 0 unspecified atom stereocenters. The van der Waals surface area contributed by atoms with Gasteiger partial charge in [-0.1, -0.05) is 47.6 Å². The monoisotopic (exact) mass is 402 g/mol. The number of nitrogens with zero attached hydrogens (tertiary/aromatic N) is 3. The zero-order valence-electron chi connectivity index (χ0n) is 15.0. The van der Waals surface area contributed by atoms with E-state index in [9.17, 15) is 4.79 Å². The van der Waals surface area contributed by atoms with Crippen LogP contribution in [-0.2, 0) is 18.4 Å². The number of rotatable bonds is 7. The highest BCUT2D eigenvalue weighted by atomic mass is 35.5. The summed E-state index contributed by atoms with van der Waals surface area (Å²) in [5.41, 5.74) is 1.73. The third kappa shape index (κ3) is 5.24. The van der Waals surface area contributed by atoms with E-state index in [-0.39, 0.29) is 11.7 Å². The van der Waals surface area contributed by atoms with Crippen LogP contribution in [0, 0.1) is 6.92 Å². The summed E-state index contributed by atoms with van der Waals surface area (Å²) < 4.78 is 7.64. The zero-order valence-corrected chi connectivity index (χ0v) is 16.5. The van der Waals surface area contributed by atoms with E-state index >= 15 is 0 Å². The van der Waals surface area contributed by atoms with Crippen molar-refractivity contribution in [1.29, 1.82) is 0 Å². The summed E-state index contributed by atoms with van der Waals surface area (Å²) in [6.45, 7) is 2.30. The number of amides is 1. The highest BCUT2D eigenvalue weighted by molar-refractivity contribution is 7.99. The number of aryl methyl sites for hydroxylation is 1. The SMILES string of the molecule is Cc1ccccc1OCc1nnc(SCC(=O)Nc2cccc(Cl)c2)n1C. The summed E-state index contributed by atoms with van der Waals surface area (Å²) in [4.78, 5) is 12.1. The lowest BCUT2D eigenvalue weighted by atomic mass is 10.2. The molecule has 0 spiro atoms. The van der Waals surface area contributed by atoms with Crippen molar-refractivity contribution < 1.29 is 9.53 Å². The second kappa shape index (κ2) is 8.92. The van der Waals surface area contributed by atoms with Crippen LogP contribution in [-0.4, -0.2) is 26.4 Å². The van der Waals surface area contributed by atoms with Crippen molar-refractivity contribution in [2.75, 3.05) is 11.1 Å². The van der Waals surface area contributed by atoms with Gasteiger partial charge in [-0.3, -0.25) is 4.79 Å². The molecule has 0 saturated carbocycles. The Morgan fingerprint density at radius 3 is 2.81 bits per heavy atom. The summed E-state index contributed by atoms with van der Waals surface area (Å²) in [5, 5.41) is 12.3. The molecule has 3 aromatic rings. The van der Waals surface area contributed by atoms with Gasteiger partial charge in [0.2, 0.25) is 5.91 Å². The number of nitrogens with one attached hydrogen (secondary N) is 1. The molecule has 0 bridgehead atoms. The Kier molecular flexibility index (Phi) is 6.36. The number of benzene rings is 2. The molecule has 1 amide bonds. The van der Waals surface area contributed by atoms with E-state index < -0.39 is 0 Å². The van der Waals surface area contributed by atoms with Gasteiger partial charge in [0, 0.05) is 17.8 Å². The number of halogens is 1. The summed E-state index contributed by atoms with van der Waals surface area (Å²) in [6, 6.07) is 14.8. The van der Waals surface area contributed by atoms with Crippen molar-refractivity contribution in [2.45, 2.75) is 18.7 Å². The van der Waals surface area contributed by atoms with E-state index in [2.05, 4.69) is 15.5 Å². The lowest BCUT2D eigenvalue weighted by Crippen LogP contribution is -2.14. The smallest absolute Gasteiger partial charge is 0.234 e. The molecule has 0 saturated heterocycles. The maximum atomic E-state index is 12.1. The molecule has 0 radical (unpaired) electrons. The fourth-order valence-corrected chi connectivity index (χ4v) is 3.27. The normalized spacial score (nSPS) is 10.6. The average molecular weight is 403 g/mol. The fraction of sp³-hybridized carbons (Fsp3) is 0.211. The van der Waals surface area contributed by atoms with Gasteiger partial charge in [-0.15, -0.1) is 10.2 Å². The molecule has 8 heteroatoms. The van der Waals surface area contributed by atoms with Crippen LogP contribution in [0.15, 0.2) is 53.7 Å². The van der Waals surface area contributed by atoms with Crippen molar-refractivity contribution in [3.8, 4) is 5.75 Å². The van der Waals surface area contributed by atoms with Crippen LogP contribution < -0.4 is 10.1 Å². The average Bonchev–Trinajstić information content (AvgIpc) is 2.99. The number of ether oxygens (including phenoxy) is 1. The van der Waals surface area contributed by atoms with Gasteiger partial charge in [-0.05, 0) is 36.8 Å². The first kappa shape index (κ1) is 19.3. The van der Waals surface area contributed by atoms with Crippen LogP contribution in [0.2, 0.25) is 5.02 Å². The van der Waals surface area contributed by atoms with Crippen LogP contribution in [0.4, 0.5) is 5.69 Å². The third-order valence-corrected chi connectivity index (χ3v) is 5.07. The van der Waals surface area contributed by atoms with E-state index in [0.29, 0.717) is 28.3 Å². The molecule has 1 aromatic heterocycles. The number of carbonyl (C=O) groups excluding carboxylic acids is 1. The molecule has 0 fully saturated rings. The Hall–Kier alpha value is -2.51.